The van der Waals surface area contributed by atoms with Gasteiger partial charge in [-0.2, -0.15) is 9.97 Å². The van der Waals surface area contributed by atoms with Crippen molar-refractivity contribution in [2.75, 3.05) is 18.5 Å². The van der Waals surface area contributed by atoms with E-state index in [0.717, 1.165) is 0 Å². The Bertz CT molecular complexity index is 728. The van der Waals surface area contributed by atoms with Gasteiger partial charge in [0, 0.05) is 6.04 Å². The number of ether oxygens (including phenoxy) is 1. The average Bonchev–Trinajstić information content (AvgIpc) is 3.09. The predicted molar refractivity (Wildman–Crippen MR) is 83.5 cm³/mol. The summed E-state index contributed by atoms with van der Waals surface area (Å²) in [7, 11) is 0. The molecule has 3 unspecified atom stereocenters. The van der Waals surface area contributed by atoms with Crippen molar-refractivity contribution in [3.63, 3.8) is 0 Å². The highest BCUT2D eigenvalue weighted by Crippen LogP contribution is 2.32. The fourth-order valence-corrected chi connectivity index (χ4v) is 2.73. The second kappa shape index (κ2) is 6.75. The van der Waals surface area contributed by atoms with Crippen molar-refractivity contribution in [3.05, 3.63) is 11.6 Å². The van der Waals surface area contributed by atoms with Gasteiger partial charge in [-0.3, -0.25) is 4.57 Å². The van der Waals surface area contributed by atoms with Crippen LogP contribution in [0.1, 0.15) is 13.2 Å². The zero-order valence-electron chi connectivity index (χ0n) is 12.7. The summed E-state index contributed by atoms with van der Waals surface area (Å²) in [4.78, 5) is 12.4. The first-order chi connectivity index (χ1) is 11.5. The first kappa shape index (κ1) is 17.3. The number of aliphatic hydroxyl groups is 4. The van der Waals surface area contributed by atoms with Gasteiger partial charge in [0.15, 0.2) is 23.2 Å². The quantitative estimate of drug-likeness (QED) is 0.419. The Morgan fingerprint density at radius 1 is 1.33 bits per heavy atom. The van der Waals surface area contributed by atoms with Gasteiger partial charge in [-0.05, 0) is 18.5 Å². The molecular formula is C13H18ClN5O5. The number of hydrogen-bond donors (Lipinski definition) is 5. The molecule has 132 valence electrons. The lowest BCUT2D eigenvalue weighted by Crippen LogP contribution is -2.33. The van der Waals surface area contributed by atoms with Crippen LogP contribution in [0.15, 0.2) is 6.33 Å². The summed E-state index contributed by atoms with van der Waals surface area (Å²) in [5.41, 5.74) is 0.662. The molecule has 3 rings (SSSR count). The molecule has 0 aromatic carbocycles. The van der Waals surface area contributed by atoms with Crippen molar-refractivity contribution >= 4 is 28.6 Å². The van der Waals surface area contributed by atoms with Gasteiger partial charge >= 0.3 is 0 Å². The van der Waals surface area contributed by atoms with Crippen LogP contribution >= 0.6 is 11.6 Å². The topological polar surface area (TPSA) is 146 Å². The predicted octanol–water partition coefficient (Wildman–Crippen LogP) is -1.12. The van der Waals surface area contributed by atoms with Crippen molar-refractivity contribution in [1.29, 1.82) is 0 Å². The van der Waals surface area contributed by atoms with Crippen LogP contribution in [-0.4, -0.2) is 77.5 Å². The van der Waals surface area contributed by atoms with Gasteiger partial charge in [0.25, 0.3) is 0 Å². The third-order valence-electron chi connectivity index (χ3n) is 3.84. The highest BCUT2D eigenvalue weighted by atomic mass is 35.5. The van der Waals surface area contributed by atoms with Gasteiger partial charge in [0.1, 0.15) is 18.3 Å². The number of imidazole rings is 1. The van der Waals surface area contributed by atoms with Crippen LogP contribution in [0.2, 0.25) is 5.28 Å². The van der Waals surface area contributed by atoms with Crippen molar-refractivity contribution in [1.82, 2.24) is 19.5 Å². The maximum atomic E-state index is 10.2. The molecule has 0 radical (unpaired) electrons. The van der Waals surface area contributed by atoms with Crippen LogP contribution in [0, 0.1) is 0 Å². The van der Waals surface area contributed by atoms with E-state index in [2.05, 4.69) is 20.3 Å². The minimum absolute atomic E-state index is 0.0522. The van der Waals surface area contributed by atoms with E-state index in [0.29, 0.717) is 11.3 Å². The summed E-state index contributed by atoms with van der Waals surface area (Å²) in [6.45, 7) is 1.21. The van der Waals surface area contributed by atoms with Gasteiger partial charge in [-0.15, -0.1) is 0 Å². The third-order valence-corrected chi connectivity index (χ3v) is 4.01. The molecule has 10 nitrogen and oxygen atoms in total. The molecule has 0 bridgehead atoms. The van der Waals surface area contributed by atoms with E-state index < -0.39 is 31.1 Å². The largest absolute Gasteiger partial charge is 0.394 e. The Morgan fingerprint density at radius 2 is 2.08 bits per heavy atom. The minimum Gasteiger partial charge on any atom is -0.394 e. The van der Waals surface area contributed by atoms with Gasteiger partial charge in [-0.25, -0.2) is 4.98 Å². The Kier molecular flexibility index (Phi) is 4.85. The fraction of sp³-hybridized carbons (Fsp3) is 0.615. The molecule has 0 amide bonds. The lowest BCUT2D eigenvalue weighted by Gasteiger charge is -2.17. The number of nitrogens with one attached hydrogen (secondary N) is 1. The molecule has 0 spiro atoms. The smallest absolute Gasteiger partial charge is 0.226 e. The first-order valence-electron chi connectivity index (χ1n) is 7.36. The van der Waals surface area contributed by atoms with E-state index in [4.69, 9.17) is 21.4 Å². The molecule has 5 N–H and O–H groups in total. The van der Waals surface area contributed by atoms with Gasteiger partial charge < -0.3 is 30.5 Å². The molecule has 24 heavy (non-hydrogen) atoms. The second-order valence-electron chi connectivity index (χ2n) is 5.62. The highest BCUT2D eigenvalue weighted by molar-refractivity contribution is 6.28. The summed E-state index contributed by atoms with van der Waals surface area (Å²) < 4.78 is 6.90. The van der Waals surface area contributed by atoms with E-state index in [1.165, 1.54) is 10.9 Å². The first-order valence-corrected chi connectivity index (χ1v) is 7.74. The molecule has 1 aliphatic rings. The SMILES string of the molecule is CC(CO)Nc1nc(Cl)nc2c1ncn2[C@@H]1O[C@H](CO)C(O)C1O. The molecule has 2 aromatic rings. The lowest BCUT2D eigenvalue weighted by molar-refractivity contribution is -0.0511. The van der Waals surface area contributed by atoms with Crippen LogP contribution in [0.3, 0.4) is 0 Å². The summed E-state index contributed by atoms with van der Waals surface area (Å²) in [5.74, 6) is 0.331. The standard InChI is InChI=1S/C13H18ClN5O5/c1-5(2-20)16-10-7-11(18-13(14)17-10)19(4-15-7)12-9(23)8(22)6(3-21)24-12/h4-6,8-9,12,20-23H,2-3H2,1H3,(H,16,17,18)/t5?,6-,8?,9?,12-/m1/s1. The van der Waals surface area contributed by atoms with Gasteiger partial charge in [-0.1, -0.05) is 0 Å². The van der Waals surface area contributed by atoms with Crippen molar-refractivity contribution < 1.29 is 25.2 Å². The monoisotopic (exact) mass is 359 g/mol. The Hall–Kier alpha value is -1.56. The van der Waals surface area contributed by atoms with Crippen LogP contribution < -0.4 is 5.32 Å². The number of hydrogen-bond acceptors (Lipinski definition) is 9. The molecule has 0 saturated carbocycles. The molecular weight excluding hydrogens is 342 g/mol. The molecule has 5 atom stereocenters. The molecule has 1 aliphatic heterocycles. The normalized spacial score (nSPS) is 28.4. The lowest BCUT2D eigenvalue weighted by atomic mass is 10.1. The number of aromatic nitrogens is 4. The maximum Gasteiger partial charge on any atom is 0.226 e. The molecule has 2 aromatic heterocycles. The van der Waals surface area contributed by atoms with Crippen molar-refractivity contribution in [2.24, 2.45) is 0 Å². The van der Waals surface area contributed by atoms with Crippen LogP contribution in [0.4, 0.5) is 5.82 Å². The number of nitrogens with zero attached hydrogens (tertiary/aromatic N) is 4. The summed E-state index contributed by atoms with van der Waals surface area (Å²) >= 11 is 5.95. The minimum atomic E-state index is -1.26. The number of fused-ring (bicyclic) bond motifs is 1. The molecule has 1 fully saturated rings. The number of aliphatic hydroxyl groups excluding tert-OH is 4. The maximum absolute atomic E-state index is 10.2. The van der Waals surface area contributed by atoms with E-state index in [1.807, 2.05) is 0 Å². The molecule has 11 heteroatoms. The van der Waals surface area contributed by atoms with E-state index >= 15 is 0 Å². The summed E-state index contributed by atoms with van der Waals surface area (Å²) in [5, 5.41) is 41.3. The Labute approximate surface area is 141 Å². The van der Waals surface area contributed by atoms with Crippen LogP contribution in [0.5, 0.6) is 0 Å². The number of rotatable bonds is 5. The third kappa shape index (κ3) is 2.92. The van der Waals surface area contributed by atoms with Crippen LogP contribution in [0.25, 0.3) is 11.2 Å². The van der Waals surface area contributed by atoms with Gasteiger partial charge in [0.05, 0.1) is 19.5 Å². The second-order valence-corrected chi connectivity index (χ2v) is 5.96. The van der Waals surface area contributed by atoms with Crippen LogP contribution in [-0.2, 0) is 4.74 Å². The van der Waals surface area contributed by atoms with Gasteiger partial charge in [0.2, 0.25) is 5.28 Å². The summed E-state index contributed by atoms with van der Waals surface area (Å²) in [6.07, 6.45) is -3.00. The molecule has 0 aliphatic carbocycles. The fourth-order valence-electron chi connectivity index (χ4n) is 2.57. The molecule has 1 saturated heterocycles. The van der Waals surface area contributed by atoms with Crippen molar-refractivity contribution in [2.45, 2.75) is 37.5 Å². The average molecular weight is 360 g/mol. The zero-order valence-corrected chi connectivity index (χ0v) is 13.5. The van der Waals surface area contributed by atoms with Crippen molar-refractivity contribution in [3.8, 4) is 0 Å². The van der Waals surface area contributed by atoms with E-state index in [9.17, 15) is 15.3 Å². The highest BCUT2D eigenvalue weighted by Gasteiger charge is 2.44. The van der Waals surface area contributed by atoms with E-state index in [-0.39, 0.29) is 23.6 Å². The Balaban J connectivity index is 2.02. The molecule has 3 heterocycles. The Morgan fingerprint density at radius 3 is 2.71 bits per heavy atom. The van der Waals surface area contributed by atoms with E-state index in [1.54, 1.807) is 6.92 Å². The number of anilines is 1. The number of halogens is 1. The zero-order chi connectivity index (χ0) is 17.4. The summed E-state index contributed by atoms with van der Waals surface area (Å²) in [6, 6.07) is -0.279.